The molecule has 1 N–H and O–H groups in total. The van der Waals surface area contributed by atoms with E-state index in [1.165, 1.54) is 23.4 Å². The molecular formula is C25H26ClN3O3S. The zero-order valence-electron chi connectivity index (χ0n) is 18.2. The van der Waals surface area contributed by atoms with Gasteiger partial charge in [-0.15, -0.1) is 0 Å². The molecule has 6 nitrogen and oxygen atoms in total. The van der Waals surface area contributed by atoms with Crippen LogP contribution < -0.4 is 14.5 Å². The average Bonchev–Trinajstić information content (AvgIpc) is 3.24. The van der Waals surface area contributed by atoms with Gasteiger partial charge in [0.05, 0.1) is 10.6 Å². The van der Waals surface area contributed by atoms with Crippen LogP contribution in [0.15, 0.2) is 83.8 Å². The molecular weight excluding hydrogens is 458 g/mol. The number of hydrogen-bond donors (Lipinski definition) is 1. The number of hydrogen-bond acceptors (Lipinski definition) is 4. The lowest BCUT2D eigenvalue weighted by molar-refractivity contribution is -0.119. The summed E-state index contributed by atoms with van der Waals surface area (Å²) in [6.45, 7) is 1.97. The molecule has 0 spiro atoms. The maximum absolute atomic E-state index is 13.3. The fraction of sp³-hybridized carbons (Fsp3) is 0.240. The van der Waals surface area contributed by atoms with E-state index in [1.54, 1.807) is 42.5 Å². The summed E-state index contributed by atoms with van der Waals surface area (Å²) in [5.41, 5.74) is 2.99. The summed E-state index contributed by atoms with van der Waals surface area (Å²) in [6.07, 6.45) is 1.81. The third-order valence-electron chi connectivity index (χ3n) is 5.64. The quantitative estimate of drug-likeness (QED) is 0.465. The van der Waals surface area contributed by atoms with Crippen molar-refractivity contribution in [3.63, 3.8) is 0 Å². The van der Waals surface area contributed by atoms with Crippen LogP contribution in [0.2, 0.25) is 5.02 Å². The van der Waals surface area contributed by atoms with Gasteiger partial charge in [0.15, 0.2) is 0 Å². The highest BCUT2D eigenvalue weighted by Gasteiger charge is 2.27. The molecule has 0 unspecified atom stereocenters. The van der Waals surface area contributed by atoms with Crippen LogP contribution in [-0.4, -0.2) is 40.5 Å². The zero-order chi connectivity index (χ0) is 23.3. The fourth-order valence-electron chi connectivity index (χ4n) is 3.97. The summed E-state index contributed by atoms with van der Waals surface area (Å²) < 4.78 is 27.7. The van der Waals surface area contributed by atoms with Crippen LogP contribution in [0.25, 0.3) is 0 Å². The van der Waals surface area contributed by atoms with E-state index in [4.69, 9.17) is 11.6 Å². The Balaban J connectivity index is 1.39. The number of nitrogens with one attached hydrogen (secondary N) is 1. The third kappa shape index (κ3) is 5.49. The Hall–Kier alpha value is -3.03. The number of para-hydroxylation sites is 1. The first kappa shape index (κ1) is 23.1. The topological polar surface area (TPSA) is 69.7 Å². The molecule has 1 amide bonds. The Morgan fingerprint density at radius 1 is 0.970 bits per heavy atom. The highest BCUT2D eigenvalue weighted by molar-refractivity contribution is 7.92. The molecule has 3 aromatic rings. The molecule has 0 fully saturated rings. The molecule has 1 aliphatic heterocycles. The molecule has 33 heavy (non-hydrogen) atoms. The second-order valence-corrected chi connectivity index (χ2v) is 10.2. The van der Waals surface area contributed by atoms with E-state index in [9.17, 15) is 13.2 Å². The van der Waals surface area contributed by atoms with Gasteiger partial charge in [-0.2, -0.15) is 0 Å². The summed E-state index contributed by atoms with van der Waals surface area (Å²) in [7, 11) is -3.92. The lowest BCUT2D eigenvalue weighted by Gasteiger charge is -2.24. The van der Waals surface area contributed by atoms with Crippen LogP contribution in [0.5, 0.6) is 0 Å². The maximum Gasteiger partial charge on any atom is 0.264 e. The first-order chi connectivity index (χ1) is 15.9. The maximum atomic E-state index is 13.3. The summed E-state index contributed by atoms with van der Waals surface area (Å²) in [5.74, 6) is -0.355. The number of carbonyl (C=O) groups excluding carboxylic acids is 1. The van der Waals surface area contributed by atoms with Gasteiger partial charge in [0.1, 0.15) is 6.54 Å². The molecule has 172 valence electrons. The highest BCUT2D eigenvalue weighted by Crippen LogP contribution is 2.27. The Morgan fingerprint density at radius 2 is 1.67 bits per heavy atom. The van der Waals surface area contributed by atoms with Crippen molar-refractivity contribution in [2.75, 3.05) is 35.4 Å². The summed E-state index contributed by atoms with van der Waals surface area (Å²) in [6, 6.07) is 22.9. The van der Waals surface area contributed by atoms with E-state index in [1.807, 2.05) is 6.07 Å². The number of nitrogens with zero attached hydrogens (tertiary/aromatic N) is 2. The monoisotopic (exact) mass is 483 g/mol. The van der Waals surface area contributed by atoms with Crippen molar-refractivity contribution in [2.45, 2.75) is 17.7 Å². The first-order valence-corrected chi connectivity index (χ1v) is 12.7. The van der Waals surface area contributed by atoms with Gasteiger partial charge in [-0.1, -0.05) is 48.0 Å². The predicted octanol–water partition coefficient (Wildman–Crippen LogP) is 4.10. The first-order valence-electron chi connectivity index (χ1n) is 10.9. The van der Waals surface area contributed by atoms with Crippen LogP contribution in [0.4, 0.5) is 11.4 Å². The fourth-order valence-corrected chi connectivity index (χ4v) is 5.53. The molecule has 3 aromatic carbocycles. The number of anilines is 2. The second kappa shape index (κ2) is 10.3. The third-order valence-corrected chi connectivity index (χ3v) is 7.68. The lowest BCUT2D eigenvalue weighted by Crippen LogP contribution is -2.41. The smallest absolute Gasteiger partial charge is 0.264 e. The molecule has 0 aliphatic carbocycles. The minimum atomic E-state index is -3.92. The Bertz CT molecular complexity index is 1200. The number of amides is 1. The van der Waals surface area contributed by atoms with Gasteiger partial charge in [0.2, 0.25) is 5.91 Å². The second-order valence-electron chi connectivity index (χ2n) is 7.87. The van der Waals surface area contributed by atoms with Crippen molar-refractivity contribution in [2.24, 2.45) is 0 Å². The van der Waals surface area contributed by atoms with Crippen LogP contribution in [0.3, 0.4) is 0 Å². The molecule has 0 bridgehead atoms. The van der Waals surface area contributed by atoms with Crippen molar-refractivity contribution in [3.8, 4) is 0 Å². The van der Waals surface area contributed by atoms with Crippen LogP contribution in [0.1, 0.15) is 12.0 Å². The van der Waals surface area contributed by atoms with E-state index in [0.29, 0.717) is 17.3 Å². The van der Waals surface area contributed by atoms with E-state index < -0.39 is 10.0 Å². The van der Waals surface area contributed by atoms with Crippen molar-refractivity contribution in [3.05, 3.63) is 89.4 Å². The molecule has 8 heteroatoms. The number of halogens is 1. The van der Waals surface area contributed by atoms with Crippen LogP contribution in [0, 0.1) is 0 Å². The molecule has 0 atom stereocenters. The van der Waals surface area contributed by atoms with Gasteiger partial charge in [0.25, 0.3) is 10.0 Å². The van der Waals surface area contributed by atoms with E-state index in [2.05, 4.69) is 28.4 Å². The van der Waals surface area contributed by atoms with Crippen molar-refractivity contribution in [1.29, 1.82) is 0 Å². The molecule has 0 radical (unpaired) electrons. The normalized spacial score (nSPS) is 12.9. The van der Waals surface area contributed by atoms with E-state index in [-0.39, 0.29) is 17.3 Å². The van der Waals surface area contributed by atoms with Gasteiger partial charge in [-0.3, -0.25) is 9.10 Å². The highest BCUT2D eigenvalue weighted by atomic mass is 35.5. The Morgan fingerprint density at radius 3 is 2.42 bits per heavy atom. The Kier molecular flexibility index (Phi) is 7.20. The van der Waals surface area contributed by atoms with Gasteiger partial charge in [-0.05, 0) is 60.9 Å². The largest absolute Gasteiger partial charge is 0.371 e. The molecule has 1 heterocycles. The summed E-state index contributed by atoms with van der Waals surface area (Å²) in [4.78, 5) is 15.2. The lowest BCUT2D eigenvalue weighted by atomic mass is 10.2. The van der Waals surface area contributed by atoms with Gasteiger partial charge in [0, 0.05) is 30.3 Å². The van der Waals surface area contributed by atoms with Crippen molar-refractivity contribution in [1.82, 2.24) is 5.32 Å². The van der Waals surface area contributed by atoms with Gasteiger partial charge in [-0.25, -0.2) is 8.42 Å². The van der Waals surface area contributed by atoms with Gasteiger partial charge >= 0.3 is 0 Å². The molecule has 1 aliphatic rings. The Labute approximate surface area is 199 Å². The van der Waals surface area contributed by atoms with Gasteiger partial charge < -0.3 is 10.2 Å². The van der Waals surface area contributed by atoms with Crippen molar-refractivity contribution >= 4 is 38.9 Å². The molecule has 0 saturated carbocycles. The SMILES string of the molecule is O=C(CN(c1ccc(Cl)cc1)S(=O)(=O)c1ccccc1)NCCCN1CCc2ccccc21. The number of carbonyl (C=O) groups is 1. The summed E-state index contributed by atoms with van der Waals surface area (Å²) in [5, 5.41) is 3.36. The minimum absolute atomic E-state index is 0.125. The van der Waals surface area contributed by atoms with Crippen molar-refractivity contribution < 1.29 is 13.2 Å². The number of fused-ring (bicyclic) bond motifs is 1. The molecule has 4 rings (SSSR count). The van der Waals surface area contributed by atoms with E-state index >= 15 is 0 Å². The average molecular weight is 484 g/mol. The molecule has 0 saturated heterocycles. The standard InChI is InChI=1S/C25H26ClN3O3S/c26-21-11-13-22(14-12-21)29(33(31,32)23-8-2-1-3-9-23)19-25(30)27-16-6-17-28-18-15-20-7-4-5-10-24(20)28/h1-5,7-14H,6,15-19H2,(H,27,30). The minimum Gasteiger partial charge on any atom is -0.371 e. The van der Waals surface area contributed by atoms with Crippen LogP contribution >= 0.6 is 11.6 Å². The predicted molar refractivity (Wildman–Crippen MR) is 132 cm³/mol. The zero-order valence-corrected chi connectivity index (χ0v) is 19.7. The number of sulfonamides is 1. The number of rotatable bonds is 9. The van der Waals surface area contributed by atoms with E-state index in [0.717, 1.165) is 30.2 Å². The number of benzene rings is 3. The molecule has 0 aromatic heterocycles. The summed E-state index contributed by atoms with van der Waals surface area (Å²) >= 11 is 5.97. The van der Waals surface area contributed by atoms with Crippen LogP contribution in [-0.2, 0) is 21.2 Å².